The van der Waals surface area contributed by atoms with Gasteiger partial charge in [-0.2, -0.15) is 0 Å². The van der Waals surface area contributed by atoms with Crippen LogP contribution in [0.1, 0.15) is 376 Å². The minimum absolute atomic E-state index is 0.104. The third kappa shape index (κ3) is 68.6. The van der Waals surface area contributed by atoms with Crippen molar-refractivity contribution in [3.8, 4) is 0 Å². The van der Waals surface area contributed by atoms with E-state index in [4.69, 9.17) is 37.0 Å². The lowest BCUT2D eigenvalue weighted by Gasteiger charge is -2.21. The summed E-state index contributed by atoms with van der Waals surface area (Å²) in [5, 5.41) is 10.6. The minimum Gasteiger partial charge on any atom is -0.462 e. The summed E-state index contributed by atoms with van der Waals surface area (Å²) in [4.78, 5) is 72.8. The van der Waals surface area contributed by atoms with Gasteiger partial charge in [-0.3, -0.25) is 37.3 Å². The Labute approximate surface area is 575 Å². The van der Waals surface area contributed by atoms with Gasteiger partial charge in [-0.15, -0.1) is 0 Å². The monoisotopic (exact) mass is 1380 g/mol. The Kier molecular flexibility index (Phi) is 63.1. The molecule has 0 aliphatic heterocycles. The quantitative estimate of drug-likeness (QED) is 0.0222. The zero-order valence-electron chi connectivity index (χ0n) is 61.6. The molecule has 3 N–H and O–H groups in total. The predicted molar refractivity (Wildman–Crippen MR) is 381 cm³/mol. The minimum atomic E-state index is -4.96. The number of aliphatic hydroxyl groups is 1. The van der Waals surface area contributed by atoms with Gasteiger partial charge in [0.2, 0.25) is 0 Å². The van der Waals surface area contributed by atoms with E-state index in [1.165, 1.54) is 180 Å². The number of carbonyl (C=O) groups excluding carboxylic acids is 4. The first-order valence-electron chi connectivity index (χ1n) is 38.7. The summed E-state index contributed by atoms with van der Waals surface area (Å²) in [6.07, 6.45) is 48.6. The molecule has 19 heteroatoms. The van der Waals surface area contributed by atoms with Crippen LogP contribution in [0.4, 0.5) is 0 Å². The molecule has 0 rings (SSSR count). The van der Waals surface area contributed by atoms with Gasteiger partial charge in [-0.05, 0) is 49.4 Å². The number of phosphoric ester groups is 2. The van der Waals surface area contributed by atoms with E-state index in [1.807, 2.05) is 0 Å². The van der Waals surface area contributed by atoms with Gasteiger partial charge in [-0.25, -0.2) is 9.13 Å². The molecule has 0 aliphatic carbocycles. The summed E-state index contributed by atoms with van der Waals surface area (Å²) < 4.78 is 68.5. The number of hydrogen-bond donors (Lipinski definition) is 3. The Morgan fingerprint density at radius 2 is 0.447 bits per heavy atom. The summed E-state index contributed by atoms with van der Waals surface area (Å²) in [6, 6.07) is 0. The molecule has 0 spiro atoms. The second-order valence-electron chi connectivity index (χ2n) is 28.9. The Bertz CT molecular complexity index is 1850. The standard InChI is InChI=1S/C75H146O17P2/c1-65(2)51-43-35-27-19-14-11-9-10-12-16-23-33-41-49-57-74(79)91-70(61-85-72(77)55-47-39-31-22-17-13-15-20-28-36-44-52-66(3)4)63-89-93(81,82)87-59-69(76)60-88-94(83,84)90-64-71(62-86-73(78)56-48-40-32-26-25-30-38-46-54-68(7)8)92-75(80)58-50-42-34-24-18-21-29-37-45-53-67(5)6/h65-71,76H,9-64H2,1-8H3,(H,81,82)(H,83,84)/t69?,70-,71-/m1/s1. The lowest BCUT2D eigenvalue weighted by molar-refractivity contribution is -0.161. The number of phosphoric acid groups is 2. The van der Waals surface area contributed by atoms with E-state index < -0.39 is 97.5 Å². The number of esters is 4. The molecule has 0 saturated heterocycles. The Morgan fingerprint density at radius 1 is 0.266 bits per heavy atom. The van der Waals surface area contributed by atoms with Crippen LogP contribution in [0, 0.1) is 23.7 Å². The maximum absolute atomic E-state index is 13.1. The molecule has 0 aliphatic rings. The largest absolute Gasteiger partial charge is 0.472 e. The fraction of sp³-hybridized carbons (Fsp3) is 0.947. The van der Waals surface area contributed by atoms with Crippen LogP contribution in [-0.2, 0) is 65.4 Å². The van der Waals surface area contributed by atoms with Crippen LogP contribution >= 0.6 is 15.6 Å². The summed E-state index contributed by atoms with van der Waals surface area (Å²) in [7, 11) is -9.91. The van der Waals surface area contributed by atoms with E-state index in [0.29, 0.717) is 25.7 Å². The molecule has 0 aromatic carbocycles. The van der Waals surface area contributed by atoms with Crippen LogP contribution in [0.5, 0.6) is 0 Å². The average molecular weight is 1380 g/mol. The summed E-state index contributed by atoms with van der Waals surface area (Å²) in [5.41, 5.74) is 0. The van der Waals surface area contributed by atoms with Gasteiger partial charge in [0.15, 0.2) is 12.2 Å². The van der Waals surface area contributed by atoms with Crippen LogP contribution in [0.25, 0.3) is 0 Å². The molecule has 0 aromatic heterocycles. The molecule has 0 saturated carbocycles. The summed E-state index contributed by atoms with van der Waals surface area (Å²) in [6.45, 7) is 14.2. The molecule has 0 heterocycles. The van der Waals surface area contributed by atoms with Crippen molar-refractivity contribution in [2.24, 2.45) is 23.7 Å². The first kappa shape index (κ1) is 92.1. The van der Waals surface area contributed by atoms with Crippen LogP contribution < -0.4 is 0 Å². The lowest BCUT2D eigenvalue weighted by atomic mass is 10.0. The van der Waals surface area contributed by atoms with E-state index in [1.54, 1.807) is 0 Å². The first-order chi connectivity index (χ1) is 45.1. The fourth-order valence-electron chi connectivity index (χ4n) is 11.4. The smallest absolute Gasteiger partial charge is 0.462 e. The van der Waals surface area contributed by atoms with Gasteiger partial charge in [0.1, 0.15) is 19.3 Å². The van der Waals surface area contributed by atoms with Crippen molar-refractivity contribution in [2.75, 3.05) is 39.6 Å². The van der Waals surface area contributed by atoms with Gasteiger partial charge in [-0.1, -0.05) is 325 Å². The van der Waals surface area contributed by atoms with Gasteiger partial charge in [0.05, 0.1) is 26.4 Å². The van der Waals surface area contributed by atoms with Crippen LogP contribution in [-0.4, -0.2) is 96.7 Å². The Hall–Kier alpha value is -1.94. The topological polar surface area (TPSA) is 237 Å². The lowest BCUT2D eigenvalue weighted by Crippen LogP contribution is -2.30. The Morgan fingerprint density at radius 3 is 0.660 bits per heavy atom. The zero-order chi connectivity index (χ0) is 69.6. The van der Waals surface area contributed by atoms with E-state index in [2.05, 4.69) is 55.4 Å². The number of aliphatic hydroxyl groups excluding tert-OH is 1. The Balaban J connectivity index is 5.26. The third-order valence-electron chi connectivity index (χ3n) is 17.3. The van der Waals surface area contributed by atoms with E-state index in [9.17, 15) is 43.2 Å². The average Bonchev–Trinajstić information content (AvgIpc) is 1.47. The molecule has 558 valence electrons. The molecule has 0 radical (unpaired) electrons. The van der Waals surface area contributed by atoms with Crippen LogP contribution in [0.15, 0.2) is 0 Å². The molecular weight excluding hydrogens is 1230 g/mol. The highest BCUT2D eigenvalue weighted by Crippen LogP contribution is 2.45. The highest BCUT2D eigenvalue weighted by molar-refractivity contribution is 7.47. The molecule has 0 bridgehead atoms. The molecule has 5 atom stereocenters. The number of rotatable bonds is 72. The maximum Gasteiger partial charge on any atom is 0.472 e. The van der Waals surface area contributed by atoms with Crippen molar-refractivity contribution in [1.29, 1.82) is 0 Å². The second kappa shape index (κ2) is 64.4. The van der Waals surface area contributed by atoms with E-state index >= 15 is 0 Å². The van der Waals surface area contributed by atoms with Crippen molar-refractivity contribution in [3.63, 3.8) is 0 Å². The zero-order valence-corrected chi connectivity index (χ0v) is 63.4. The molecule has 0 fully saturated rings. The highest BCUT2D eigenvalue weighted by Gasteiger charge is 2.30. The van der Waals surface area contributed by atoms with E-state index in [0.717, 1.165) is 114 Å². The normalized spacial score (nSPS) is 14.2. The predicted octanol–water partition coefficient (Wildman–Crippen LogP) is 21.7. The van der Waals surface area contributed by atoms with Gasteiger partial charge < -0.3 is 33.8 Å². The highest BCUT2D eigenvalue weighted by atomic mass is 31.2. The summed E-state index contributed by atoms with van der Waals surface area (Å²) in [5.74, 6) is 0.907. The second-order valence-corrected chi connectivity index (χ2v) is 31.9. The molecule has 94 heavy (non-hydrogen) atoms. The fourth-order valence-corrected chi connectivity index (χ4v) is 13.0. The number of hydrogen-bond acceptors (Lipinski definition) is 15. The van der Waals surface area contributed by atoms with Crippen molar-refractivity contribution < 1.29 is 80.2 Å². The van der Waals surface area contributed by atoms with Gasteiger partial charge in [0.25, 0.3) is 0 Å². The number of ether oxygens (including phenoxy) is 4. The molecule has 0 amide bonds. The van der Waals surface area contributed by atoms with Gasteiger partial charge >= 0.3 is 39.5 Å². The SMILES string of the molecule is CC(C)CCCCCCCCCCCCCCCCC(=O)O[C@H](COC(=O)CCCCCCCCCCCCCC(C)C)COP(=O)(O)OCC(O)COP(=O)(O)OC[C@@H](COC(=O)CCCCCCCCCCC(C)C)OC(=O)CCCCCCCCCCCC(C)C. The van der Waals surface area contributed by atoms with Crippen LogP contribution in [0.3, 0.4) is 0 Å². The van der Waals surface area contributed by atoms with Crippen molar-refractivity contribution in [1.82, 2.24) is 0 Å². The summed E-state index contributed by atoms with van der Waals surface area (Å²) >= 11 is 0. The maximum atomic E-state index is 13.1. The third-order valence-corrected chi connectivity index (χ3v) is 19.2. The molecular formula is C75H146O17P2. The molecule has 17 nitrogen and oxygen atoms in total. The molecule has 3 unspecified atom stereocenters. The number of carbonyl (C=O) groups is 4. The van der Waals surface area contributed by atoms with Crippen molar-refractivity contribution in [2.45, 2.75) is 395 Å². The molecule has 0 aromatic rings. The van der Waals surface area contributed by atoms with E-state index in [-0.39, 0.29) is 25.7 Å². The van der Waals surface area contributed by atoms with Crippen LogP contribution in [0.2, 0.25) is 0 Å². The number of unbranched alkanes of at least 4 members (excludes halogenated alkanes) is 38. The van der Waals surface area contributed by atoms with Crippen molar-refractivity contribution >= 4 is 39.5 Å². The van der Waals surface area contributed by atoms with Crippen molar-refractivity contribution in [3.05, 3.63) is 0 Å². The first-order valence-corrected chi connectivity index (χ1v) is 41.7. The van der Waals surface area contributed by atoms with Gasteiger partial charge in [0, 0.05) is 25.7 Å².